The van der Waals surface area contributed by atoms with Crippen LogP contribution in [0.25, 0.3) is 0 Å². The van der Waals surface area contributed by atoms with Crippen molar-refractivity contribution in [3.63, 3.8) is 0 Å². The molecule has 22 heavy (non-hydrogen) atoms. The number of rotatable bonds is 12. The van der Waals surface area contributed by atoms with Crippen LogP contribution in [-0.2, 0) is 32.4 Å². The third-order valence-electron chi connectivity index (χ3n) is 1.89. The summed E-state index contributed by atoms with van der Waals surface area (Å²) < 4.78 is 88.4. The molecule has 0 aromatic rings. The largest absolute Gasteiger partial charge is 0.474 e. The molecule has 0 N–H and O–H groups in total. The maximum Gasteiger partial charge on any atom is 0.474 e. The minimum atomic E-state index is -4.77. The Hall–Kier alpha value is -0.190. The smallest absolute Gasteiger partial charge is 0.287 e. The zero-order valence-corrected chi connectivity index (χ0v) is 14.0. The van der Waals surface area contributed by atoms with Gasteiger partial charge >= 0.3 is 14.0 Å². The Morgan fingerprint density at radius 1 is 0.955 bits per heavy atom. The minimum absolute atomic E-state index is 0.0678. The second kappa shape index (κ2) is 9.84. The fourth-order valence-electron chi connectivity index (χ4n) is 0.985. The third-order valence-corrected chi connectivity index (χ3v) is 4.53. The highest BCUT2D eigenvalue weighted by Crippen LogP contribution is 2.49. The van der Waals surface area contributed by atoms with Crippen LogP contribution in [0.2, 0.25) is 0 Å². The van der Waals surface area contributed by atoms with Gasteiger partial charge in [-0.15, -0.1) is 0 Å². The number of hydrogen-bond acceptors (Lipinski definition) is 7. The van der Waals surface area contributed by atoms with E-state index in [4.69, 9.17) is 13.6 Å². The van der Waals surface area contributed by atoms with E-state index in [0.29, 0.717) is 12.8 Å². The standard InChI is InChI=1S/C10H20F3O7PS/c1-3-5-17-21(14,18-6-4-2)19-7-8-22(15,16)20-9-10(11,12)13/h3-9H2,1-2H3. The molecule has 0 heterocycles. The molecule has 0 unspecified atom stereocenters. The highest BCUT2D eigenvalue weighted by Gasteiger charge is 2.32. The van der Waals surface area contributed by atoms with Gasteiger partial charge in [-0.1, -0.05) is 13.8 Å². The van der Waals surface area contributed by atoms with Crippen molar-refractivity contribution in [2.75, 3.05) is 32.2 Å². The van der Waals surface area contributed by atoms with Gasteiger partial charge in [-0.2, -0.15) is 21.6 Å². The molecule has 0 aliphatic rings. The molecule has 0 aromatic heterocycles. The molecule has 7 nitrogen and oxygen atoms in total. The van der Waals surface area contributed by atoms with Gasteiger partial charge < -0.3 is 0 Å². The molecular weight excluding hydrogens is 352 g/mol. The van der Waals surface area contributed by atoms with Gasteiger partial charge in [-0.05, 0) is 12.8 Å². The molecule has 0 rings (SSSR count). The molecule has 0 aliphatic carbocycles. The molecule has 0 bridgehead atoms. The summed E-state index contributed by atoms with van der Waals surface area (Å²) in [6.07, 6.45) is -3.72. The van der Waals surface area contributed by atoms with Crippen molar-refractivity contribution in [1.29, 1.82) is 0 Å². The topological polar surface area (TPSA) is 88.1 Å². The molecule has 0 aliphatic heterocycles. The lowest BCUT2D eigenvalue weighted by Gasteiger charge is -2.17. The predicted molar refractivity (Wildman–Crippen MR) is 71.8 cm³/mol. The Morgan fingerprint density at radius 2 is 1.41 bits per heavy atom. The molecule has 12 heteroatoms. The van der Waals surface area contributed by atoms with E-state index in [2.05, 4.69) is 4.18 Å². The zero-order valence-electron chi connectivity index (χ0n) is 12.3. The van der Waals surface area contributed by atoms with E-state index in [9.17, 15) is 26.2 Å². The van der Waals surface area contributed by atoms with Crippen molar-refractivity contribution in [1.82, 2.24) is 0 Å². The van der Waals surface area contributed by atoms with Crippen LogP contribution >= 0.6 is 7.82 Å². The first-order valence-corrected chi connectivity index (χ1v) is 9.55. The van der Waals surface area contributed by atoms with Crippen LogP contribution in [-0.4, -0.2) is 46.8 Å². The van der Waals surface area contributed by atoms with Crippen molar-refractivity contribution in [3.05, 3.63) is 0 Å². The third kappa shape index (κ3) is 11.4. The Bertz CT molecular complexity index is 440. The van der Waals surface area contributed by atoms with E-state index in [1.54, 1.807) is 13.8 Å². The Labute approximate surface area is 127 Å². The highest BCUT2D eigenvalue weighted by atomic mass is 32.2. The van der Waals surface area contributed by atoms with E-state index in [1.165, 1.54) is 0 Å². The average molecular weight is 372 g/mol. The van der Waals surface area contributed by atoms with Gasteiger partial charge in [0, 0.05) is 0 Å². The molecule has 0 saturated carbocycles. The lowest BCUT2D eigenvalue weighted by atomic mass is 10.5. The lowest BCUT2D eigenvalue weighted by Crippen LogP contribution is -2.23. The van der Waals surface area contributed by atoms with Crippen LogP contribution in [0, 0.1) is 0 Å². The Morgan fingerprint density at radius 3 is 1.82 bits per heavy atom. The second-order valence-electron chi connectivity index (χ2n) is 4.09. The number of halogens is 3. The summed E-state index contributed by atoms with van der Waals surface area (Å²) in [5.74, 6) is -0.905. The molecule has 0 amide bonds. The maximum atomic E-state index is 12.1. The molecule has 0 fully saturated rings. The summed E-state index contributed by atoms with van der Waals surface area (Å²) in [6, 6.07) is 0. The molecule has 0 spiro atoms. The Kier molecular flexibility index (Phi) is 9.75. The van der Waals surface area contributed by atoms with Gasteiger partial charge in [0.2, 0.25) is 0 Å². The monoisotopic (exact) mass is 372 g/mol. The van der Waals surface area contributed by atoms with E-state index in [0.717, 1.165) is 0 Å². The van der Waals surface area contributed by atoms with E-state index in [-0.39, 0.29) is 13.2 Å². The maximum absolute atomic E-state index is 12.1. The molecule has 0 radical (unpaired) electrons. The summed E-state index contributed by atoms with van der Waals surface area (Å²) in [6.45, 7) is 1.03. The van der Waals surface area contributed by atoms with E-state index < -0.39 is 43.1 Å². The highest BCUT2D eigenvalue weighted by molar-refractivity contribution is 7.86. The number of hydrogen-bond donors (Lipinski definition) is 0. The molecular formula is C10H20F3O7PS. The zero-order chi connectivity index (χ0) is 17.3. The predicted octanol–water partition coefficient (Wildman–Crippen LogP) is 2.87. The SMILES string of the molecule is CCCOP(=O)(OCCC)OCCS(=O)(=O)OCC(F)(F)F. The van der Waals surface area contributed by atoms with Gasteiger partial charge in [-0.3, -0.25) is 17.8 Å². The average Bonchev–Trinajstić information content (AvgIpc) is 2.40. The normalized spacial score (nSPS) is 13.5. The summed E-state index contributed by atoms with van der Waals surface area (Å²) in [5, 5.41) is 0. The quantitative estimate of drug-likeness (QED) is 0.384. The number of phosphoric acid groups is 1. The summed E-state index contributed by atoms with van der Waals surface area (Å²) in [5.41, 5.74) is 0. The minimum Gasteiger partial charge on any atom is -0.287 e. The van der Waals surface area contributed by atoms with E-state index >= 15 is 0 Å². The van der Waals surface area contributed by atoms with Gasteiger partial charge in [0.25, 0.3) is 10.1 Å². The number of alkyl halides is 3. The lowest BCUT2D eigenvalue weighted by molar-refractivity contribution is -0.152. The number of phosphoric ester groups is 1. The first kappa shape index (κ1) is 21.8. The van der Waals surface area contributed by atoms with Gasteiger partial charge in [0.15, 0.2) is 6.61 Å². The van der Waals surface area contributed by atoms with Gasteiger partial charge in [0.05, 0.1) is 25.6 Å². The first-order valence-electron chi connectivity index (χ1n) is 6.51. The van der Waals surface area contributed by atoms with Crippen molar-refractivity contribution in [2.45, 2.75) is 32.9 Å². The summed E-state index contributed by atoms with van der Waals surface area (Å²) >= 11 is 0. The van der Waals surface area contributed by atoms with Gasteiger partial charge in [0.1, 0.15) is 0 Å². The first-order chi connectivity index (χ1) is 10.0. The van der Waals surface area contributed by atoms with Crippen molar-refractivity contribution >= 4 is 17.9 Å². The molecule has 0 saturated heterocycles. The second-order valence-corrected chi connectivity index (χ2v) is 7.51. The van der Waals surface area contributed by atoms with E-state index in [1.807, 2.05) is 0 Å². The van der Waals surface area contributed by atoms with Crippen LogP contribution in [0.15, 0.2) is 0 Å². The van der Waals surface area contributed by atoms with Crippen LogP contribution in [0.3, 0.4) is 0 Å². The van der Waals surface area contributed by atoms with Crippen LogP contribution < -0.4 is 0 Å². The summed E-state index contributed by atoms with van der Waals surface area (Å²) in [7, 11) is -8.39. The van der Waals surface area contributed by atoms with Crippen molar-refractivity contribution < 1.29 is 43.9 Å². The molecule has 0 aromatic carbocycles. The molecule has 0 atom stereocenters. The fraction of sp³-hybridized carbons (Fsp3) is 1.00. The van der Waals surface area contributed by atoms with Crippen molar-refractivity contribution in [2.24, 2.45) is 0 Å². The van der Waals surface area contributed by atoms with Crippen molar-refractivity contribution in [3.8, 4) is 0 Å². The summed E-state index contributed by atoms with van der Waals surface area (Å²) in [4.78, 5) is 0. The molecule has 134 valence electrons. The van der Waals surface area contributed by atoms with Crippen LogP contribution in [0.5, 0.6) is 0 Å². The fourth-order valence-corrected chi connectivity index (χ4v) is 3.18. The Balaban J connectivity index is 4.38. The van der Waals surface area contributed by atoms with Crippen LogP contribution in [0.4, 0.5) is 13.2 Å². The van der Waals surface area contributed by atoms with Gasteiger partial charge in [-0.25, -0.2) is 4.57 Å². The van der Waals surface area contributed by atoms with Crippen LogP contribution in [0.1, 0.15) is 26.7 Å².